The summed E-state index contributed by atoms with van der Waals surface area (Å²) in [6, 6.07) is 16.9. The van der Waals surface area contributed by atoms with Gasteiger partial charge in [0.25, 0.3) is 5.91 Å². The van der Waals surface area contributed by atoms with Gasteiger partial charge >= 0.3 is 0 Å². The number of amides is 1. The van der Waals surface area contributed by atoms with Crippen molar-refractivity contribution in [3.05, 3.63) is 89.8 Å². The highest BCUT2D eigenvalue weighted by Crippen LogP contribution is 2.24. The second kappa shape index (κ2) is 8.57. The molecule has 3 rings (SSSR count). The van der Waals surface area contributed by atoms with Gasteiger partial charge in [0.05, 0.1) is 12.2 Å². The summed E-state index contributed by atoms with van der Waals surface area (Å²) in [5.74, 6) is 0.644. The van der Waals surface area contributed by atoms with Gasteiger partial charge in [0.1, 0.15) is 12.4 Å². The second-order valence-corrected chi connectivity index (χ2v) is 6.62. The van der Waals surface area contributed by atoms with Crippen LogP contribution in [-0.2, 0) is 13.6 Å². The van der Waals surface area contributed by atoms with E-state index >= 15 is 0 Å². The Balaban J connectivity index is 1.92. The molecule has 0 radical (unpaired) electrons. The summed E-state index contributed by atoms with van der Waals surface area (Å²) in [5, 5.41) is 4.48. The molecule has 0 atom stereocenters. The largest absolute Gasteiger partial charge is 0.490 e. The van der Waals surface area contributed by atoms with E-state index in [1.54, 1.807) is 35.2 Å². The zero-order chi connectivity index (χ0) is 20.1. The molecule has 0 spiro atoms. The lowest BCUT2D eigenvalue weighted by Crippen LogP contribution is -2.30. The summed E-state index contributed by atoms with van der Waals surface area (Å²) in [5.41, 5.74) is 4.50. The smallest absolute Gasteiger partial charge is 0.258 e. The molecule has 1 heterocycles. The average Bonchev–Trinajstić information content (AvgIpc) is 2.96. The molecule has 3 aromatic rings. The topological polar surface area (TPSA) is 47.4 Å². The van der Waals surface area contributed by atoms with Gasteiger partial charge in [-0.05, 0) is 50.2 Å². The Bertz CT molecular complexity index is 960. The molecule has 0 fully saturated rings. The van der Waals surface area contributed by atoms with Crippen LogP contribution in [0.2, 0.25) is 0 Å². The van der Waals surface area contributed by atoms with Crippen LogP contribution in [0, 0.1) is 13.8 Å². The number of hydrogen-bond donors (Lipinski definition) is 0. The van der Waals surface area contributed by atoms with Gasteiger partial charge in [-0.25, -0.2) is 0 Å². The first-order valence-electron chi connectivity index (χ1n) is 9.21. The van der Waals surface area contributed by atoms with E-state index in [9.17, 15) is 4.79 Å². The molecule has 0 unspecified atom stereocenters. The van der Waals surface area contributed by atoms with Crippen LogP contribution in [0.15, 0.2) is 67.3 Å². The Labute approximate surface area is 165 Å². The van der Waals surface area contributed by atoms with Gasteiger partial charge < -0.3 is 9.64 Å². The fourth-order valence-electron chi connectivity index (χ4n) is 3.10. The van der Waals surface area contributed by atoms with E-state index in [0.29, 0.717) is 24.5 Å². The predicted molar refractivity (Wildman–Crippen MR) is 112 cm³/mol. The van der Waals surface area contributed by atoms with Crippen LogP contribution >= 0.6 is 0 Å². The summed E-state index contributed by atoms with van der Waals surface area (Å²) in [7, 11) is 1.92. The minimum Gasteiger partial charge on any atom is -0.490 e. The molecular formula is C23H25N3O2. The summed E-state index contributed by atoms with van der Waals surface area (Å²) < 4.78 is 7.36. The monoisotopic (exact) mass is 375 g/mol. The van der Waals surface area contributed by atoms with Crippen LogP contribution in [0.5, 0.6) is 5.75 Å². The highest BCUT2D eigenvalue weighted by Gasteiger charge is 2.21. The molecule has 28 heavy (non-hydrogen) atoms. The zero-order valence-corrected chi connectivity index (χ0v) is 16.6. The molecule has 2 aromatic carbocycles. The van der Waals surface area contributed by atoms with Gasteiger partial charge in [-0.1, -0.05) is 30.9 Å². The summed E-state index contributed by atoms with van der Waals surface area (Å²) in [6.07, 6.45) is 1.69. The quantitative estimate of drug-likeness (QED) is 0.573. The number of aryl methyl sites for hydroxylation is 2. The number of hydrogen-bond acceptors (Lipinski definition) is 3. The molecule has 144 valence electrons. The first-order chi connectivity index (χ1) is 13.5. The van der Waals surface area contributed by atoms with E-state index in [-0.39, 0.29) is 5.91 Å². The Morgan fingerprint density at radius 3 is 2.39 bits per heavy atom. The SMILES string of the molecule is C=CCOc1ccc(C(=O)N(Cc2c(C)nn(C)c2C)c2ccccc2)cc1. The highest BCUT2D eigenvalue weighted by molar-refractivity contribution is 6.06. The third-order valence-electron chi connectivity index (χ3n) is 4.76. The molecule has 1 amide bonds. The van der Waals surface area contributed by atoms with Crippen LogP contribution in [0.3, 0.4) is 0 Å². The van der Waals surface area contributed by atoms with Crippen LogP contribution in [0.1, 0.15) is 27.3 Å². The van der Waals surface area contributed by atoms with Gasteiger partial charge in [0.2, 0.25) is 0 Å². The van der Waals surface area contributed by atoms with Gasteiger partial charge in [0, 0.05) is 29.6 Å². The molecule has 0 aliphatic heterocycles. The molecule has 0 aliphatic carbocycles. The van der Waals surface area contributed by atoms with Crippen LogP contribution in [0.4, 0.5) is 5.69 Å². The van der Waals surface area contributed by atoms with Crippen molar-refractivity contribution in [1.82, 2.24) is 9.78 Å². The van der Waals surface area contributed by atoms with Crippen molar-refractivity contribution in [2.45, 2.75) is 20.4 Å². The Kier molecular flexibility index (Phi) is 5.94. The number of ether oxygens (including phenoxy) is 1. The lowest BCUT2D eigenvalue weighted by atomic mass is 10.1. The Morgan fingerprint density at radius 1 is 1.14 bits per heavy atom. The minimum absolute atomic E-state index is 0.0656. The lowest BCUT2D eigenvalue weighted by Gasteiger charge is -2.23. The van der Waals surface area contributed by atoms with Gasteiger partial charge in [-0.3, -0.25) is 9.48 Å². The van der Waals surface area contributed by atoms with Crippen molar-refractivity contribution < 1.29 is 9.53 Å². The molecule has 0 aliphatic rings. The van der Waals surface area contributed by atoms with Gasteiger partial charge in [-0.2, -0.15) is 5.10 Å². The summed E-state index contributed by atoms with van der Waals surface area (Å²) in [6.45, 7) is 8.53. The summed E-state index contributed by atoms with van der Waals surface area (Å²) in [4.78, 5) is 15.1. The van der Waals surface area contributed by atoms with Crippen molar-refractivity contribution >= 4 is 11.6 Å². The number of para-hydroxylation sites is 1. The van der Waals surface area contributed by atoms with Gasteiger partial charge in [-0.15, -0.1) is 0 Å². The van der Waals surface area contributed by atoms with Crippen molar-refractivity contribution in [2.75, 3.05) is 11.5 Å². The highest BCUT2D eigenvalue weighted by atomic mass is 16.5. The zero-order valence-electron chi connectivity index (χ0n) is 16.6. The molecule has 0 saturated carbocycles. The fraction of sp³-hybridized carbons (Fsp3) is 0.217. The number of nitrogens with zero attached hydrogens (tertiary/aromatic N) is 3. The maximum Gasteiger partial charge on any atom is 0.258 e. The molecule has 1 aromatic heterocycles. The summed E-state index contributed by atoms with van der Waals surface area (Å²) >= 11 is 0. The maximum atomic E-state index is 13.3. The average molecular weight is 375 g/mol. The van der Waals surface area contributed by atoms with E-state index < -0.39 is 0 Å². The van der Waals surface area contributed by atoms with E-state index in [1.807, 2.05) is 55.9 Å². The van der Waals surface area contributed by atoms with Crippen LogP contribution in [-0.4, -0.2) is 22.3 Å². The predicted octanol–water partition coefficient (Wildman–Crippen LogP) is 4.45. The van der Waals surface area contributed by atoms with Crippen molar-refractivity contribution in [3.8, 4) is 5.75 Å². The molecule has 0 N–H and O–H groups in total. The number of anilines is 1. The van der Waals surface area contributed by atoms with E-state index in [4.69, 9.17) is 4.74 Å². The minimum atomic E-state index is -0.0656. The number of carbonyl (C=O) groups excluding carboxylic acids is 1. The molecule has 0 saturated heterocycles. The lowest BCUT2D eigenvalue weighted by molar-refractivity contribution is 0.0985. The van der Waals surface area contributed by atoms with E-state index in [1.165, 1.54) is 0 Å². The molecular weight excluding hydrogens is 350 g/mol. The number of aromatic nitrogens is 2. The Morgan fingerprint density at radius 2 is 1.82 bits per heavy atom. The Hall–Kier alpha value is -3.34. The maximum absolute atomic E-state index is 13.3. The second-order valence-electron chi connectivity index (χ2n) is 6.62. The fourth-order valence-corrected chi connectivity index (χ4v) is 3.10. The molecule has 5 heteroatoms. The van der Waals surface area contributed by atoms with Crippen molar-refractivity contribution in [1.29, 1.82) is 0 Å². The van der Waals surface area contributed by atoms with E-state index in [0.717, 1.165) is 22.6 Å². The van der Waals surface area contributed by atoms with Crippen LogP contribution in [0.25, 0.3) is 0 Å². The van der Waals surface area contributed by atoms with Gasteiger partial charge in [0.15, 0.2) is 0 Å². The first-order valence-corrected chi connectivity index (χ1v) is 9.21. The van der Waals surface area contributed by atoms with Crippen LogP contribution < -0.4 is 9.64 Å². The van der Waals surface area contributed by atoms with Crippen molar-refractivity contribution in [3.63, 3.8) is 0 Å². The first kappa shape index (κ1) is 19.4. The number of carbonyl (C=O) groups is 1. The van der Waals surface area contributed by atoms with E-state index in [2.05, 4.69) is 11.7 Å². The molecule has 0 bridgehead atoms. The molecule has 5 nitrogen and oxygen atoms in total. The third-order valence-corrected chi connectivity index (χ3v) is 4.76. The standard InChI is InChI=1S/C23H25N3O2/c1-5-15-28-21-13-11-19(12-14-21)23(27)26(20-9-7-6-8-10-20)16-22-17(2)24-25(4)18(22)3/h5-14H,1,15-16H2,2-4H3. The number of rotatable bonds is 7. The third kappa shape index (κ3) is 4.14. The van der Waals surface area contributed by atoms with Crippen molar-refractivity contribution in [2.24, 2.45) is 7.05 Å². The normalized spacial score (nSPS) is 10.5. The number of benzene rings is 2.